The van der Waals surface area contributed by atoms with E-state index in [1.807, 2.05) is 24.3 Å². The third kappa shape index (κ3) is 4.10. The molecule has 8 heteroatoms. The first-order valence-electron chi connectivity index (χ1n) is 7.83. The molecular weight excluding hydrogens is 450 g/mol. The van der Waals surface area contributed by atoms with Crippen molar-refractivity contribution in [3.63, 3.8) is 0 Å². The number of halogens is 2. The predicted octanol–water partition coefficient (Wildman–Crippen LogP) is 5.78. The van der Waals surface area contributed by atoms with Crippen molar-refractivity contribution in [1.82, 2.24) is 4.98 Å². The van der Waals surface area contributed by atoms with Crippen molar-refractivity contribution >= 4 is 61.2 Å². The Morgan fingerprint density at radius 2 is 2.00 bits per heavy atom. The SMILES string of the molecule is O=c1oc2ccc(Cl)cc2cc1-c1cnc(NN=Cc2ccc(Br)cc2)s1. The lowest BCUT2D eigenvalue weighted by atomic mass is 10.2. The van der Waals surface area contributed by atoms with Gasteiger partial charge < -0.3 is 4.42 Å². The van der Waals surface area contributed by atoms with E-state index in [0.29, 0.717) is 26.2 Å². The topological polar surface area (TPSA) is 67.5 Å². The van der Waals surface area contributed by atoms with Crippen molar-refractivity contribution in [2.75, 3.05) is 5.43 Å². The van der Waals surface area contributed by atoms with Crippen molar-refractivity contribution in [3.05, 3.63) is 80.2 Å². The number of anilines is 1. The Labute approximate surface area is 171 Å². The second-order valence-corrected chi connectivity index (χ2v) is 7.96. The van der Waals surface area contributed by atoms with Crippen molar-refractivity contribution in [2.24, 2.45) is 5.10 Å². The number of hydrazone groups is 1. The monoisotopic (exact) mass is 459 g/mol. The van der Waals surface area contributed by atoms with E-state index in [1.165, 1.54) is 11.3 Å². The van der Waals surface area contributed by atoms with Gasteiger partial charge >= 0.3 is 5.63 Å². The van der Waals surface area contributed by atoms with Gasteiger partial charge in [-0.15, -0.1) is 0 Å². The van der Waals surface area contributed by atoms with Crippen molar-refractivity contribution in [1.29, 1.82) is 0 Å². The van der Waals surface area contributed by atoms with Crippen LogP contribution in [0, 0.1) is 0 Å². The number of nitrogens with one attached hydrogen (secondary N) is 1. The molecule has 4 rings (SSSR count). The van der Waals surface area contributed by atoms with E-state index >= 15 is 0 Å². The highest BCUT2D eigenvalue weighted by Gasteiger charge is 2.11. The van der Waals surface area contributed by atoms with Gasteiger partial charge in [0.05, 0.1) is 16.7 Å². The molecule has 0 spiro atoms. The molecule has 0 bridgehead atoms. The van der Waals surface area contributed by atoms with Crippen LogP contribution in [0.4, 0.5) is 5.13 Å². The summed E-state index contributed by atoms with van der Waals surface area (Å²) >= 11 is 10.7. The molecule has 2 aromatic heterocycles. The summed E-state index contributed by atoms with van der Waals surface area (Å²) in [6.07, 6.45) is 3.31. The second kappa shape index (κ2) is 7.64. The lowest BCUT2D eigenvalue weighted by Crippen LogP contribution is -2.01. The first kappa shape index (κ1) is 17.9. The third-order valence-electron chi connectivity index (χ3n) is 3.71. The van der Waals surface area contributed by atoms with Crippen LogP contribution in [0.5, 0.6) is 0 Å². The minimum atomic E-state index is -0.418. The van der Waals surface area contributed by atoms with E-state index in [0.717, 1.165) is 15.4 Å². The van der Waals surface area contributed by atoms with E-state index < -0.39 is 5.63 Å². The Kier molecular flexibility index (Phi) is 5.07. The largest absolute Gasteiger partial charge is 0.422 e. The van der Waals surface area contributed by atoms with Gasteiger partial charge in [0.1, 0.15) is 5.58 Å². The third-order valence-corrected chi connectivity index (χ3v) is 5.41. The van der Waals surface area contributed by atoms with E-state index in [1.54, 1.807) is 36.7 Å². The Balaban J connectivity index is 1.57. The van der Waals surface area contributed by atoms with Crippen molar-refractivity contribution in [2.45, 2.75) is 0 Å². The molecule has 0 amide bonds. The molecule has 0 fully saturated rings. The fourth-order valence-corrected chi connectivity index (χ4v) is 3.64. The van der Waals surface area contributed by atoms with Gasteiger partial charge in [0, 0.05) is 21.1 Å². The Morgan fingerprint density at radius 1 is 1.19 bits per heavy atom. The van der Waals surface area contributed by atoms with Crippen molar-refractivity contribution in [3.8, 4) is 10.4 Å². The van der Waals surface area contributed by atoms with E-state index in [4.69, 9.17) is 16.0 Å². The summed E-state index contributed by atoms with van der Waals surface area (Å²) in [6, 6.07) is 14.6. The first-order valence-corrected chi connectivity index (χ1v) is 9.81. The predicted molar refractivity (Wildman–Crippen MR) is 114 cm³/mol. The molecule has 2 heterocycles. The molecule has 4 aromatic rings. The number of benzene rings is 2. The molecule has 5 nitrogen and oxygen atoms in total. The molecular formula is C19H11BrClN3O2S. The number of fused-ring (bicyclic) bond motifs is 1. The van der Waals surface area contributed by atoms with Crippen LogP contribution in [-0.2, 0) is 0 Å². The second-order valence-electron chi connectivity index (χ2n) is 5.58. The Morgan fingerprint density at radius 3 is 2.81 bits per heavy atom. The molecule has 0 aliphatic heterocycles. The molecule has 1 N–H and O–H groups in total. The molecule has 134 valence electrons. The average Bonchev–Trinajstić information content (AvgIpc) is 3.12. The summed E-state index contributed by atoms with van der Waals surface area (Å²) in [6.45, 7) is 0. The van der Waals surface area contributed by atoms with Crippen LogP contribution >= 0.6 is 38.9 Å². The smallest absolute Gasteiger partial charge is 0.345 e. The van der Waals surface area contributed by atoms with Crippen LogP contribution in [0.15, 0.2) is 73.5 Å². The molecule has 0 aliphatic carbocycles. The number of hydrogen-bond donors (Lipinski definition) is 1. The zero-order chi connectivity index (χ0) is 18.8. The summed E-state index contributed by atoms with van der Waals surface area (Å²) < 4.78 is 6.38. The summed E-state index contributed by atoms with van der Waals surface area (Å²) in [5, 5.41) is 6.08. The first-order chi connectivity index (χ1) is 13.1. The number of aromatic nitrogens is 1. The Bertz CT molecular complexity index is 1200. The van der Waals surface area contributed by atoms with Crippen LogP contribution in [0.2, 0.25) is 5.02 Å². The summed E-state index contributed by atoms with van der Waals surface area (Å²) in [5.41, 5.74) is 4.34. The van der Waals surface area contributed by atoms with Gasteiger partial charge in [0.15, 0.2) is 0 Å². The van der Waals surface area contributed by atoms with Gasteiger partial charge in [-0.05, 0) is 42.0 Å². The number of hydrogen-bond acceptors (Lipinski definition) is 6. The number of thiazole rings is 1. The lowest BCUT2D eigenvalue weighted by Gasteiger charge is -2.00. The van der Waals surface area contributed by atoms with Gasteiger partial charge in [-0.2, -0.15) is 5.10 Å². The van der Waals surface area contributed by atoms with Crippen LogP contribution in [0.1, 0.15) is 5.56 Å². The molecule has 27 heavy (non-hydrogen) atoms. The number of nitrogens with zero attached hydrogens (tertiary/aromatic N) is 2. The van der Waals surface area contributed by atoms with E-state index in [9.17, 15) is 4.79 Å². The highest BCUT2D eigenvalue weighted by molar-refractivity contribution is 9.10. The van der Waals surface area contributed by atoms with Gasteiger partial charge in [0.25, 0.3) is 0 Å². The normalized spacial score (nSPS) is 11.3. The van der Waals surface area contributed by atoms with Crippen LogP contribution in [-0.4, -0.2) is 11.2 Å². The van der Waals surface area contributed by atoms with Gasteiger partial charge in [-0.3, -0.25) is 5.43 Å². The van der Waals surface area contributed by atoms with Crippen LogP contribution in [0.25, 0.3) is 21.4 Å². The van der Waals surface area contributed by atoms with Gasteiger partial charge in [-0.25, -0.2) is 9.78 Å². The fraction of sp³-hybridized carbons (Fsp3) is 0. The zero-order valence-electron chi connectivity index (χ0n) is 13.6. The summed E-state index contributed by atoms with van der Waals surface area (Å²) in [5.74, 6) is 0. The molecule has 0 saturated heterocycles. The summed E-state index contributed by atoms with van der Waals surface area (Å²) in [7, 11) is 0. The molecule has 0 unspecified atom stereocenters. The standard InChI is InChI=1S/C19H11BrClN3O2S/c20-13-3-1-11(2-4-13)9-23-24-19-22-10-17(27-19)15-8-12-7-14(21)5-6-16(12)26-18(15)25/h1-10H,(H,22,24). The maximum atomic E-state index is 12.3. The molecule has 0 saturated carbocycles. The van der Waals surface area contributed by atoms with Gasteiger partial charge in [0.2, 0.25) is 5.13 Å². The number of rotatable bonds is 4. The average molecular weight is 461 g/mol. The summed E-state index contributed by atoms with van der Waals surface area (Å²) in [4.78, 5) is 17.2. The Hall–Kier alpha value is -2.48. The minimum absolute atomic E-state index is 0.418. The van der Waals surface area contributed by atoms with Crippen LogP contribution in [0.3, 0.4) is 0 Å². The van der Waals surface area contributed by atoms with Gasteiger partial charge in [-0.1, -0.05) is 51.0 Å². The lowest BCUT2D eigenvalue weighted by molar-refractivity contribution is 0.563. The highest BCUT2D eigenvalue weighted by atomic mass is 79.9. The molecule has 0 aliphatic rings. The van der Waals surface area contributed by atoms with Crippen LogP contribution < -0.4 is 11.1 Å². The molecule has 0 atom stereocenters. The zero-order valence-corrected chi connectivity index (χ0v) is 16.8. The highest BCUT2D eigenvalue weighted by Crippen LogP contribution is 2.29. The maximum Gasteiger partial charge on any atom is 0.345 e. The van der Waals surface area contributed by atoms with Crippen molar-refractivity contribution < 1.29 is 4.42 Å². The van der Waals surface area contributed by atoms with E-state index in [-0.39, 0.29) is 0 Å². The fourth-order valence-electron chi connectivity index (χ4n) is 2.43. The molecule has 2 aromatic carbocycles. The maximum absolute atomic E-state index is 12.3. The molecule has 0 radical (unpaired) electrons. The minimum Gasteiger partial charge on any atom is -0.422 e. The quantitative estimate of drug-likeness (QED) is 0.238. The van der Waals surface area contributed by atoms with E-state index in [2.05, 4.69) is 31.4 Å².